The van der Waals surface area contributed by atoms with Gasteiger partial charge in [-0.05, 0) is 24.5 Å². The fraction of sp³-hybridized carbons (Fsp3) is 0.647. The predicted octanol–water partition coefficient (Wildman–Crippen LogP) is 1.44. The summed E-state index contributed by atoms with van der Waals surface area (Å²) < 4.78 is 11.8. The van der Waals surface area contributed by atoms with Crippen LogP contribution in [0.4, 0.5) is 0 Å². The predicted molar refractivity (Wildman–Crippen MR) is 81.8 cm³/mol. The lowest BCUT2D eigenvalue weighted by Gasteiger charge is -2.37. The van der Waals surface area contributed by atoms with Crippen molar-refractivity contribution < 1.29 is 9.47 Å². The Labute approximate surface area is 126 Å². The second-order valence-corrected chi connectivity index (χ2v) is 6.46. The molecule has 4 rings (SSSR count). The fourth-order valence-electron chi connectivity index (χ4n) is 3.33. The van der Waals surface area contributed by atoms with Crippen LogP contribution < -0.4 is 10.1 Å². The molecule has 2 heterocycles. The van der Waals surface area contributed by atoms with Gasteiger partial charge in [-0.15, -0.1) is 0 Å². The Kier molecular flexibility index (Phi) is 3.84. The van der Waals surface area contributed by atoms with Gasteiger partial charge < -0.3 is 14.8 Å². The van der Waals surface area contributed by atoms with E-state index in [4.69, 9.17) is 9.47 Å². The molecule has 2 aliphatic heterocycles. The fourth-order valence-corrected chi connectivity index (χ4v) is 3.33. The van der Waals surface area contributed by atoms with E-state index in [2.05, 4.69) is 34.5 Å². The number of hydrogen-bond donors (Lipinski definition) is 1. The topological polar surface area (TPSA) is 33.7 Å². The van der Waals surface area contributed by atoms with E-state index < -0.39 is 0 Å². The molecule has 4 nitrogen and oxygen atoms in total. The molecule has 4 heteroatoms. The number of hydrogen-bond acceptors (Lipinski definition) is 4. The molecule has 1 saturated carbocycles. The quantitative estimate of drug-likeness (QED) is 0.889. The van der Waals surface area contributed by atoms with Crippen molar-refractivity contribution in [2.75, 3.05) is 32.8 Å². The molecule has 1 aliphatic carbocycles. The molecule has 2 unspecified atom stereocenters. The number of nitrogens with one attached hydrogen (secondary N) is 1. The summed E-state index contributed by atoms with van der Waals surface area (Å²) in [5.41, 5.74) is 1.35. The van der Waals surface area contributed by atoms with Gasteiger partial charge in [0.25, 0.3) is 0 Å². The Hall–Kier alpha value is -1.10. The molecule has 3 aliphatic rings. The van der Waals surface area contributed by atoms with E-state index in [0.717, 1.165) is 51.1 Å². The summed E-state index contributed by atoms with van der Waals surface area (Å²) in [7, 11) is 0. The third-order valence-corrected chi connectivity index (χ3v) is 4.72. The first-order valence-corrected chi connectivity index (χ1v) is 8.18. The Morgan fingerprint density at radius 1 is 1.24 bits per heavy atom. The second-order valence-electron chi connectivity index (χ2n) is 6.46. The molecule has 21 heavy (non-hydrogen) atoms. The molecule has 0 spiro atoms. The summed E-state index contributed by atoms with van der Waals surface area (Å²) in [6.45, 7) is 4.77. The Morgan fingerprint density at radius 2 is 2.14 bits per heavy atom. The number of nitrogens with zero attached hydrogens (tertiary/aromatic N) is 1. The smallest absolute Gasteiger partial charge is 0.123 e. The van der Waals surface area contributed by atoms with Crippen LogP contribution in [0, 0.1) is 0 Å². The first kappa shape index (κ1) is 13.6. The average molecular weight is 288 g/mol. The zero-order valence-corrected chi connectivity index (χ0v) is 12.5. The van der Waals surface area contributed by atoms with Crippen LogP contribution in [0.1, 0.15) is 18.4 Å². The lowest BCUT2D eigenvalue weighted by Crippen LogP contribution is -2.53. The lowest BCUT2D eigenvalue weighted by atomic mass is 10.1. The van der Waals surface area contributed by atoms with Crippen molar-refractivity contribution in [3.63, 3.8) is 0 Å². The molecule has 0 bridgehead atoms. The number of fused-ring (bicyclic) bond motifs is 1. The van der Waals surface area contributed by atoms with E-state index >= 15 is 0 Å². The number of ether oxygens (including phenoxy) is 2. The van der Waals surface area contributed by atoms with Crippen molar-refractivity contribution in [3.8, 4) is 5.75 Å². The first-order chi connectivity index (χ1) is 10.4. The summed E-state index contributed by atoms with van der Waals surface area (Å²) in [5, 5.41) is 3.64. The molecule has 1 saturated heterocycles. The van der Waals surface area contributed by atoms with E-state index in [-0.39, 0.29) is 0 Å². The highest BCUT2D eigenvalue weighted by atomic mass is 16.5. The van der Waals surface area contributed by atoms with Crippen LogP contribution in [0.5, 0.6) is 5.75 Å². The van der Waals surface area contributed by atoms with Crippen LogP contribution in [-0.2, 0) is 11.2 Å². The molecular formula is C17H24N2O2. The van der Waals surface area contributed by atoms with Gasteiger partial charge in [-0.25, -0.2) is 0 Å². The zero-order valence-electron chi connectivity index (χ0n) is 12.5. The van der Waals surface area contributed by atoms with Crippen LogP contribution in [0.3, 0.4) is 0 Å². The van der Waals surface area contributed by atoms with Crippen LogP contribution in [0.25, 0.3) is 0 Å². The van der Waals surface area contributed by atoms with Gasteiger partial charge in [0.15, 0.2) is 0 Å². The van der Waals surface area contributed by atoms with E-state index in [1.54, 1.807) is 0 Å². The number of benzene rings is 1. The highest BCUT2D eigenvalue weighted by Crippen LogP contribution is 2.29. The van der Waals surface area contributed by atoms with Crippen LogP contribution in [0.15, 0.2) is 24.3 Å². The van der Waals surface area contributed by atoms with Crippen LogP contribution in [-0.4, -0.2) is 55.9 Å². The van der Waals surface area contributed by atoms with Gasteiger partial charge in [0, 0.05) is 38.1 Å². The number of rotatable bonds is 5. The maximum atomic E-state index is 6.09. The Bertz CT molecular complexity index is 464. The van der Waals surface area contributed by atoms with Gasteiger partial charge in [0.05, 0.1) is 13.2 Å². The molecule has 2 atom stereocenters. The molecule has 1 aromatic rings. The zero-order chi connectivity index (χ0) is 14.1. The molecule has 114 valence electrons. The van der Waals surface area contributed by atoms with Crippen molar-refractivity contribution in [1.29, 1.82) is 0 Å². The summed E-state index contributed by atoms with van der Waals surface area (Å²) in [6, 6.07) is 9.68. The molecule has 0 radical (unpaired) electrons. The maximum absolute atomic E-state index is 6.09. The van der Waals surface area contributed by atoms with Crippen molar-refractivity contribution >= 4 is 0 Å². The number of morpholine rings is 1. The van der Waals surface area contributed by atoms with Crippen molar-refractivity contribution in [3.05, 3.63) is 29.8 Å². The number of para-hydroxylation sites is 1. The van der Waals surface area contributed by atoms with Gasteiger partial charge in [0.2, 0.25) is 0 Å². The molecule has 1 N–H and O–H groups in total. The third kappa shape index (κ3) is 3.23. The minimum absolute atomic E-state index is 0.295. The standard InChI is InChI=1S/C17H24N2O2/c1-2-4-17-13(3-1)9-16(21-17)11-19-7-8-20-12-15(19)10-18-14-5-6-14/h1-4,14-16,18H,5-12H2. The van der Waals surface area contributed by atoms with Crippen molar-refractivity contribution in [1.82, 2.24) is 10.2 Å². The van der Waals surface area contributed by atoms with Gasteiger partial charge in [-0.3, -0.25) is 4.90 Å². The highest BCUT2D eigenvalue weighted by Gasteiger charge is 2.31. The summed E-state index contributed by atoms with van der Waals surface area (Å²) >= 11 is 0. The van der Waals surface area contributed by atoms with Gasteiger partial charge >= 0.3 is 0 Å². The third-order valence-electron chi connectivity index (χ3n) is 4.72. The normalized spacial score (nSPS) is 29.1. The highest BCUT2D eigenvalue weighted by molar-refractivity contribution is 5.37. The van der Waals surface area contributed by atoms with Gasteiger partial charge in [-0.2, -0.15) is 0 Å². The van der Waals surface area contributed by atoms with E-state index in [1.807, 2.05) is 0 Å². The van der Waals surface area contributed by atoms with E-state index in [9.17, 15) is 0 Å². The first-order valence-electron chi connectivity index (χ1n) is 8.18. The van der Waals surface area contributed by atoms with E-state index in [0.29, 0.717) is 12.1 Å². The minimum atomic E-state index is 0.295. The molecule has 0 amide bonds. The van der Waals surface area contributed by atoms with Crippen LogP contribution in [0.2, 0.25) is 0 Å². The average Bonchev–Trinajstić information content (AvgIpc) is 3.25. The summed E-state index contributed by atoms with van der Waals surface area (Å²) in [6.07, 6.45) is 4.02. The van der Waals surface area contributed by atoms with Crippen molar-refractivity contribution in [2.24, 2.45) is 0 Å². The van der Waals surface area contributed by atoms with Gasteiger partial charge in [0.1, 0.15) is 11.9 Å². The summed E-state index contributed by atoms with van der Waals surface area (Å²) in [5.74, 6) is 1.07. The summed E-state index contributed by atoms with van der Waals surface area (Å²) in [4.78, 5) is 2.55. The monoisotopic (exact) mass is 288 g/mol. The van der Waals surface area contributed by atoms with E-state index in [1.165, 1.54) is 18.4 Å². The largest absolute Gasteiger partial charge is 0.488 e. The van der Waals surface area contributed by atoms with Gasteiger partial charge in [-0.1, -0.05) is 18.2 Å². The molecule has 1 aromatic carbocycles. The van der Waals surface area contributed by atoms with Crippen molar-refractivity contribution in [2.45, 2.75) is 37.5 Å². The lowest BCUT2D eigenvalue weighted by molar-refractivity contribution is -0.0200. The SMILES string of the molecule is c1ccc2c(c1)CC(CN1CCOCC1CNC1CC1)O2. The van der Waals surface area contributed by atoms with Crippen LogP contribution >= 0.6 is 0 Å². The Morgan fingerprint density at radius 3 is 3.00 bits per heavy atom. The second kappa shape index (κ2) is 5.95. The maximum Gasteiger partial charge on any atom is 0.123 e. The molecule has 2 fully saturated rings. The molecule has 0 aromatic heterocycles. The minimum Gasteiger partial charge on any atom is -0.488 e. The Balaban J connectivity index is 1.34. The molecular weight excluding hydrogens is 264 g/mol.